The fraction of sp³-hybridized carbons (Fsp3) is 0.467. The molecule has 6 nitrogen and oxygen atoms in total. The minimum Gasteiger partial charge on any atom is -0.346 e. The monoisotopic (exact) mass is 292 g/mol. The van der Waals surface area contributed by atoms with Crippen molar-refractivity contribution in [3.63, 3.8) is 0 Å². The van der Waals surface area contributed by atoms with Crippen molar-refractivity contribution in [2.75, 3.05) is 18.9 Å². The van der Waals surface area contributed by atoms with Crippen LogP contribution < -0.4 is 21.7 Å². The lowest BCUT2D eigenvalue weighted by Crippen LogP contribution is -2.47. The quantitative estimate of drug-likeness (QED) is 0.586. The van der Waals surface area contributed by atoms with Crippen LogP contribution in [-0.4, -0.2) is 31.4 Å². The summed E-state index contributed by atoms with van der Waals surface area (Å²) in [6.45, 7) is 4.30. The van der Waals surface area contributed by atoms with Gasteiger partial charge in [0.15, 0.2) is 0 Å². The third-order valence-electron chi connectivity index (χ3n) is 3.16. The zero-order chi connectivity index (χ0) is 15.8. The number of carbonyl (C=O) groups excluding carboxylic acids is 2. The third kappa shape index (κ3) is 5.53. The Bertz CT molecular complexity index is 471. The van der Waals surface area contributed by atoms with E-state index < -0.39 is 0 Å². The summed E-state index contributed by atoms with van der Waals surface area (Å²) < 4.78 is 0. The van der Waals surface area contributed by atoms with Gasteiger partial charge in [0.2, 0.25) is 11.8 Å². The molecule has 1 atom stereocenters. The molecule has 0 radical (unpaired) electrons. The maximum atomic E-state index is 11.9. The number of hydrogen-bond donors (Lipinski definition) is 4. The number of nitrogens with one attached hydrogen (secondary N) is 3. The predicted molar refractivity (Wildman–Crippen MR) is 83.7 cm³/mol. The highest BCUT2D eigenvalue weighted by Gasteiger charge is 2.20. The van der Waals surface area contributed by atoms with Crippen LogP contribution in [0.25, 0.3) is 0 Å². The maximum Gasteiger partial charge on any atom is 0.243 e. The normalized spacial score (nSPS) is 12.0. The summed E-state index contributed by atoms with van der Waals surface area (Å²) in [7, 11) is 1.73. The lowest BCUT2D eigenvalue weighted by molar-refractivity contribution is -0.126. The average Bonchev–Trinajstić information content (AvgIpc) is 2.46. The molecule has 2 amide bonds. The molecule has 0 aliphatic rings. The molecular formula is C15H24N4O2. The van der Waals surface area contributed by atoms with E-state index >= 15 is 0 Å². The molecule has 1 unspecified atom stereocenters. The van der Waals surface area contributed by atoms with E-state index in [0.29, 0.717) is 12.2 Å². The average molecular weight is 292 g/mol. The van der Waals surface area contributed by atoms with E-state index in [0.717, 1.165) is 5.56 Å². The van der Waals surface area contributed by atoms with Crippen LogP contribution in [0.1, 0.15) is 19.4 Å². The van der Waals surface area contributed by atoms with Crippen LogP contribution in [0.2, 0.25) is 0 Å². The van der Waals surface area contributed by atoms with Crippen LogP contribution in [0.3, 0.4) is 0 Å². The number of benzene rings is 1. The molecule has 5 N–H and O–H groups in total. The van der Waals surface area contributed by atoms with Crippen molar-refractivity contribution in [3.05, 3.63) is 29.8 Å². The molecule has 1 aromatic rings. The molecule has 0 aliphatic heterocycles. The molecule has 6 heteroatoms. The maximum absolute atomic E-state index is 11.9. The van der Waals surface area contributed by atoms with Gasteiger partial charge < -0.3 is 21.7 Å². The van der Waals surface area contributed by atoms with E-state index in [1.807, 2.05) is 26.0 Å². The molecule has 0 bridgehead atoms. The Morgan fingerprint density at radius 2 is 1.81 bits per heavy atom. The topological polar surface area (TPSA) is 96.2 Å². The van der Waals surface area contributed by atoms with Crippen molar-refractivity contribution < 1.29 is 9.59 Å². The first kappa shape index (κ1) is 17.1. The minimum atomic E-state index is -0.304. The number of carbonyl (C=O) groups is 2. The summed E-state index contributed by atoms with van der Waals surface area (Å²) in [5.74, 6) is -0.287. The largest absolute Gasteiger partial charge is 0.346 e. The standard InChI is InChI=1S/C15H24N4O2/c1-10(2)14(17-3)15(21)18-9-13(20)19-12-6-4-11(8-16)5-7-12/h4-7,10,14,17H,8-9,16H2,1-3H3,(H,18,21)(H,19,20). The van der Waals surface area contributed by atoms with Crippen molar-refractivity contribution in [1.82, 2.24) is 10.6 Å². The zero-order valence-electron chi connectivity index (χ0n) is 12.8. The highest BCUT2D eigenvalue weighted by molar-refractivity contribution is 5.95. The van der Waals surface area contributed by atoms with Gasteiger partial charge in [0.1, 0.15) is 0 Å². The van der Waals surface area contributed by atoms with Crippen molar-refractivity contribution in [3.8, 4) is 0 Å². The Hall–Kier alpha value is -1.92. The van der Waals surface area contributed by atoms with Gasteiger partial charge in [0, 0.05) is 12.2 Å². The molecule has 116 valence electrons. The first-order chi connectivity index (χ1) is 9.97. The fourth-order valence-electron chi connectivity index (χ4n) is 1.97. The fourth-order valence-corrected chi connectivity index (χ4v) is 1.97. The van der Waals surface area contributed by atoms with Gasteiger partial charge in [0.25, 0.3) is 0 Å². The first-order valence-corrected chi connectivity index (χ1v) is 7.01. The molecule has 21 heavy (non-hydrogen) atoms. The molecule has 0 fully saturated rings. The molecular weight excluding hydrogens is 268 g/mol. The number of amides is 2. The number of likely N-dealkylation sites (N-methyl/N-ethyl adjacent to an activating group) is 1. The van der Waals surface area contributed by atoms with Crippen LogP contribution in [0.15, 0.2) is 24.3 Å². The van der Waals surface area contributed by atoms with E-state index in [9.17, 15) is 9.59 Å². The van der Waals surface area contributed by atoms with E-state index in [4.69, 9.17) is 5.73 Å². The van der Waals surface area contributed by atoms with Gasteiger partial charge in [-0.1, -0.05) is 26.0 Å². The Labute approximate surface area is 125 Å². The van der Waals surface area contributed by atoms with Gasteiger partial charge in [-0.25, -0.2) is 0 Å². The van der Waals surface area contributed by atoms with E-state index in [-0.39, 0.29) is 30.3 Å². The molecule has 0 spiro atoms. The second-order valence-electron chi connectivity index (χ2n) is 5.18. The highest BCUT2D eigenvalue weighted by Crippen LogP contribution is 2.08. The number of anilines is 1. The highest BCUT2D eigenvalue weighted by atomic mass is 16.2. The van der Waals surface area contributed by atoms with E-state index in [1.54, 1.807) is 19.2 Å². The Kier molecular flexibility index (Phi) is 6.84. The van der Waals surface area contributed by atoms with Crippen molar-refractivity contribution in [1.29, 1.82) is 0 Å². The summed E-state index contributed by atoms with van der Waals surface area (Å²) in [6.07, 6.45) is 0. The summed E-state index contributed by atoms with van der Waals surface area (Å²) >= 11 is 0. The Morgan fingerprint density at radius 3 is 2.29 bits per heavy atom. The van der Waals surface area contributed by atoms with Gasteiger partial charge in [0.05, 0.1) is 12.6 Å². The zero-order valence-corrected chi connectivity index (χ0v) is 12.8. The molecule has 0 aromatic heterocycles. The summed E-state index contributed by atoms with van der Waals surface area (Å²) in [5.41, 5.74) is 7.18. The molecule has 0 saturated heterocycles. The molecule has 0 aliphatic carbocycles. The molecule has 1 aromatic carbocycles. The van der Waals surface area contributed by atoms with Gasteiger partial charge in [-0.05, 0) is 30.7 Å². The second kappa shape index (κ2) is 8.39. The first-order valence-electron chi connectivity index (χ1n) is 7.01. The summed E-state index contributed by atoms with van der Waals surface area (Å²) in [4.78, 5) is 23.7. The Morgan fingerprint density at radius 1 is 1.19 bits per heavy atom. The number of nitrogens with two attached hydrogens (primary N) is 1. The molecule has 1 rings (SSSR count). The van der Waals surface area contributed by atoms with Crippen LogP contribution in [0.4, 0.5) is 5.69 Å². The van der Waals surface area contributed by atoms with Gasteiger partial charge in [-0.3, -0.25) is 9.59 Å². The molecule has 0 saturated carbocycles. The SMILES string of the molecule is CNC(C(=O)NCC(=O)Nc1ccc(CN)cc1)C(C)C. The lowest BCUT2D eigenvalue weighted by Gasteiger charge is -2.19. The summed E-state index contributed by atoms with van der Waals surface area (Å²) in [6, 6.07) is 6.97. The van der Waals surface area contributed by atoms with Gasteiger partial charge >= 0.3 is 0 Å². The van der Waals surface area contributed by atoms with Crippen LogP contribution in [0.5, 0.6) is 0 Å². The van der Waals surface area contributed by atoms with E-state index in [2.05, 4.69) is 16.0 Å². The van der Waals surface area contributed by atoms with Crippen molar-refractivity contribution in [2.45, 2.75) is 26.4 Å². The Balaban J connectivity index is 2.44. The smallest absolute Gasteiger partial charge is 0.243 e. The second-order valence-corrected chi connectivity index (χ2v) is 5.18. The van der Waals surface area contributed by atoms with Crippen LogP contribution >= 0.6 is 0 Å². The van der Waals surface area contributed by atoms with Crippen LogP contribution in [0, 0.1) is 5.92 Å². The van der Waals surface area contributed by atoms with Crippen molar-refractivity contribution in [2.24, 2.45) is 11.7 Å². The third-order valence-corrected chi connectivity index (χ3v) is 3.16. The predicted octanol–water partition coefficient (Wildman–Crippen LogP) is 0.444. The summed E-state index contributed by atoms with van der Waals surface area (Å²) in [5, 5.41) is 8.28. The van der Waals surface area contributed by atoms with Crippen LogP contribution in [-0.2, 0) is 16.1 Å². The lowest BCUT2D eigenvalue weighted by atomic mass is 10.0. The van der Waals surface area contributed by atoms with Gasteiger partial charge in [-0.2, -0.15) is 0 Å². The minimum absolute atomic E-state index is 0.0532. The number of rotatable bonds is 7. The van der Waals surface area contributed by atoms with Gasteiger partial charge in [-0.15, -0.1) is 0 Å². The van der Waals surface area contributed by atoms with E-state index in [1.165, 1.54) is 0 Å². The number of hydrogen-bond acceptors (Lipinski definition) is 4. The van der Waals surface area contributed by atoms with Crippen molar-refractivity contribution >= 4 is 17.5 Å². The molecule has 0 heterocycles.